The first-order valence-corrected chi connectivity index (χ1v) is 11.2. The van der Waals surface area contributed by atoms with Gasteiger partial charge in [0.2, 0.25) is 11.8 Å². The minimum atomic E-state index is -0.744. The molecule has 35 heavy (non-hydrogen) atoms. The standard InChI is InChI=1S/2C12H19NO4.Co/c2*1-12(2,3)10(15)8-9(14)11(16)13-4-6-17-7-5-13;/h2*8,14H,4-7H2,1-3H3;/q;;+2/p-2/b2*9-8-;. The minimum absolute atomic E-state index is 0. The maximum atomic E-state index is 11.7. The van der Waals surface area contributed by atoms with Gasteiger partial charge < -0.3 is 29.5 Å². The van der Waals surface area contributed by atoms with Crippen molar-refractivity contribution in [2.75, 3.05) is 52.6 Å². The second kappa shape index (κ2) is 14.4. The number of allylic oxidation sites excluding steroid dienone is 2. The molecule has 0 spiro atoms. The van der Waals surface area contributed by atoms with Gasteiger partial charge in [-0.3, -0.25) is 19.2 Å². The molecule has 0 aromatic carbocycles. The number of carbonyl (C=O) groups is 4. The van der Waals surface area contributed by atoms with E-state index in [0.717, 1.165) is 12.2 Å². The van der Waals surface area contributed by atoms with E-state index in [-0.39, 0.29) is 28.3 Å². The van der Waals surface area contributed by atoms with E-state index >= 15 is 0 Å². The third kappa shape index (κ3) is 11.4. The van der Waals surface area contributed by atoms with Crippen LogP contribution >= 0.6 is 0 Å². The molecule has 2 aliphatic heterocycles. The van der Waals surface area contributed by atoms with Crippen molar-refractivity contribution >= 4 is 23.4 Å². The zero-order chi connectivity index (χ0) is 26.1. The topological polar surface area (TPSA) is 139 Å². The molecule has 0 aliphatic carbocycles. The van der Waals surface area contributed by atoms with Crippen LogP contribution in [0.25, 0.3) is 0 Å². The summed E-state index contributed by atoms with van der Waals surface area (Å²) >= 11 is 0. The predicted octanol–water partition coefficient (Wildman–Crippen LogP) is -0.593. The Balaban J connectivity index is 0.000000642. The zero-order valence-electron chi connectivity index (χ0n) is 21.3. The fourth-order valence-corrected chi connectivity index (χ4v) is 2.64. The van der Waals surface area contributed by atoms with E-state index in [1.54, 1.807) is 41.5 Å². The van der Waals surface area contributed by atoms with Crippen molar-refractivity contribution in [1.29, 1.82) is 0 Å². The Bertz CT molecular complexity index is 744. The first-order valence-electron chi connectivity index (χ1n) is 11.2. The van der Waals surface area contributed by atoms with E-state index in [1.807, 2.05) is 0 Å². The second-order valence-electron chi connectivity index (χ2n) is 10.1. The Morgan fingerprint density at radius 2 is 0.886 bits per heavy atom. The average molecular weight is 539 g/mol. The van der Waals surface area contributed by atoms with Gasteiger partial charge in [0.25, 0.3) is 0 Å². The molecule has 0 bridgehead atoms. The molecular weight excluding hydrogens is 503 g/mol. The number of nitrogens with zero attached hydrogens (tertiary/aromatic N) is 2. The van der Waals surface area contributed by atoms with Crippen LogP contribution in [0, 0.1) is 10.8 Å². The molecule has 0 saturated carbocycles. The van der Waals surface area contributed by atoms with E-state index in [0.29, 0.717) is 52.6 Å². The van der Waals surface area contributed by atoms with Crippen LogP contribution in [0.4, 0.5) is 0 Å². The van der Waals surface area contributed by atoms with Gasteiger partial charge in [-0.25, -0.2) is 0 Å². The number of ether oxygens (including phenoxy) is 2. The Morgan fingerprint density at radius 1 is 0.629 bits per heavy atom. The number of hydrogen-bond donors (Lipinski definition) is 0. The fraction of sp³-hybridized carbons (Fsp3) is 0.667. The smallest absolute Gasteiger partial charge is 0.869 e. The van der Waals surface area contributed by atoms with Crippen LogP contribution in [0.3, 0.4) is 0 Å². The number of rotatable bonds is 4. The number of morpholine rings is 2. The molecule has 2 saturated heterocycles. The van der Waals surface area contributed by atoms with Gasteiger partial charge in [-0.1, -0.05) is 41.5 Å². The summed E-state index contributed by atoms with van der Waals surface area (Å²) in [5.41, 5.74) is -1.28. The third-order valence-electron chi connectivity index (χ3n) is 5.02. The molecule has 2 amide bonds. The number of carbonyl (C=O) groups excluding carboxylic acids is 4. The molecule has 0 aromatic rings. The molecule has 10 nitrogen and oxygen atoms in total. The molecular formula is C24H36CoN2O8. The van der Waals surface area contributed by atoms with Crippen LogP contribution in [0.2, 0.25) is 0 Å². The first kappa shape index (κ1) is 32.8. The Kier molecular flexibility index (Phi) is 13.5. The van der Waals surface area contributed by atoms with Crippen LogP contribution < -0.4 is 10.2 Å². The molecule has 0 aromatic heterocycles. The van der Waals surface area contributed by atoms with Crippen LogP contribution in [0.5, 0.6) is 0 Å². The monoisotopic (exact) mass is 539 g/mol. The summed E-state index contributed by atoms with van der Waals surface area (Å²) in [5, 5.41) is 23.2. The van der Waals surface area contributed by atoms with E-state index in [1.165, 1.54) is 9.80 Å². The minimum Gasteiger partial charge on any atom is -0.869 e. The number of hydrogen-bond acceptors (Lipinski definition) is 8. The summed E-state index contributed by atoms with van der Waals surface area (Å²) in [6.45, 7) is 13.6. The quantitative estimate of drug-likeness (QED) is 0.341. The van der Waals surface area contributed by atoms with Crippen molar-refractivity contribution in [2.45, 2.75) is 41.5 Å². The summed E-state index contributed by atoms with van der Waals surface area (Å²) in [6.07, 6.45) is 1.80. The van der Waals surface area contributed by atoms with Crippen LogP contribution in [0.15, 0.2) is 23.7 Å². The maximum absolute atomic E-state index is 11.7. The largest absolute Gasteiger partial charge is 2.00 e. The van der Waals surface area contributed by atoms with Gasteiger partial charge in [0.1, 0.15) is 0 Å². The second-order valence-corrected chi connectivity index (χ2v) is 10.1. The average Bonchev–Trinajstić information content (AvgIpc) is 2.78. The van der Waals surface area contributed by atoms with E-state index < -0.39 is 34.2 Å². The Hall–Kier alpha value is -2.21. The van der Waals surface area contributed by atoms with Crippen molar-refractivity contribution in [3.8, 4) is 0 Å². The molecule has 2 rings (SSSR count). The molecule has 2 fully saturated rings. The Labute approximate surface area is 217 Å². The van der Waals surface area contributed by atoms with Crippen molar-refractivity contribution in [1.82, 2.24) is 9.80 Å². The number of amides is 2. The first-order chi connectivity index (χ1) is 15.6. The molecule has 0 N–H and O–H groups in total. The van der Waals surface area contributed by atoms with Gasteiger partial charge in [0.15, 0.2) is 11.6 Å². The van der Waals surface area contributed by atoms with Crippen molar-refractivity contribution in [2.24, 2.45) is 10.8 Å². The van der Waals surface area contributed by atoms with Gasteiger partial charge in [0.05, 0.1) is 26.4 Å². The summed E-state index contributed by atoms with van der Waals surface area (Å²) in [5.74, 6) is -3.39. The van der Waals surface area contributed by atoms with Gasteiger partial charge in [0, 0.05) is 37.0 Å². The van der Waals surface area contributed by atoms with Crippen molar-refractivity contribution < 1.29 is 55.6 Å². The zero-order valence-corrected chi connectivity index (χ0v) is 22.3. The summed E-state index contributed by atoms with van der Waals surface area (Å²) in [6, 6.07) is 0. The van der Waals surface area contributed by atoms with Gasteiger partial charge >= 0.3 is 16.8 Å². The Morgan fingerprint density at radius 3 is 1.11 bits per heavy atom. The fourth-order valence-electron chi connectivity index (χ4n) is 2.64. The van der Waals surface area contributed by atoms with Gasteiger partial charge in [-0.2, -0.15) is 0 Å². The number of ketones is 2. The molecule has 1 radical (unpaired) electrons. The van der Waals surface area contributed by atoms with Crippen LogP contribution in [0.1, 0.15) is 41.5 Å². The van der Waals surface area contributed by atoms with Gasteiger partial charge in [-0.05, 0) is 23.7 Å². The van der Waals surface area contributed by atoms with E-state index in [4.69, 9.17) is 9.47 Å². The summed E-state index contributed by atoms with van der Waals surface area (Å²) < 4.78 is 10.2. The normalized spacial score (nSPS) is 17.5. The van der Waals surface area contributed by atoms with Crippen LogP contribution in [-0.4, -0.2) is 85.8 Å². The van der Waals surface area contributed by atoms with E-state index in [2.05, 4.69) is 0 Å². The molecule has 0 atom stereocenters. The van der Waals surface area contributed by atoms with Crippen molar-refractivity contribution in [3.63, 3.8) is 0 Å². The summed E-state index contributed by atoms with van der Waals surface area (Å²) in [7, 11) is 0. The molecule has 2 heterocycles. The predicted molar refractivity (Wildman–Crippen MR) is 120 cm³/mol. The SMILES string of the molecule is CC(C)(C)C(=O)/C=C(\[O-])C(=O)N1CCOCC1.CC(C)(C)C(=O)/C=C(\[O-])C(=O)N1CCOCC1.[Co+2]. The molecule has 11 heteroatoms. The van der Waals surface area contributed by atoms with E-state index in [9.17, 15) is 29.4 Å². The molecule has 0 unspecified atom stereocenters. The molecule has 199 valence electrons. The van der Waals surface area contributed by atoms with Crippen LogP contribution in [-0.2, 0) is 45.4 Å². The maximum Gasteiger partial charge on any atom is 2.00 e. The van der Waals surface area contributed by atoms with Crippen molar-refractivity contribution in [3.05, 3.63) is 23.7 Å². The summed E-state index contributed by atoms with van der Waals surface area (Å²) in [4.78, 5) is 49.4. The third-order valence-corrected chi connectivity index (χ3v) is 5.02. The van der Waals surface area contributed by atoms with Gasteiger partial charge in [-0.15, -0.1) is 0 Å². The molecule has 2 aliphatic rings.